The fraction of sp³-hybridized carbons (Fsp3) is 0.692. The monoisotopic (exact) mass is 342 g/mol. The molecule has 0 atom stereocenters. The van der Waals surface area contributed by atoms with Crippen LogP contribution in [0.5, 0.6) is 0 Å². The van der Waals surface area contributed by atoms with Crippen molar-refractivity contribution in [1.29, 1.82) is 0 Å². The molecule has 0 radical (unpaired) electrons. The molecule has 0 aliphatic carbocycles. The highest BCUT2D eigenvalue weighted by atomic mass is 79.9. The summed E-state index contributed by atoms with van der Waals surface area (Å²) >= 11 is 3.36. The van der Waals surface area contributed by atoms with Gasteiger partial charge in [0.25, 0.3) is 0 Å². The summed E-state index contributed by atoms with van der Waals surface area (Å²) in [5.41, 5.74) is 1.12. The molecule has 6 nitrogen and oxygen atoms in total. The van der Waals surface area contributed by atoms with Crippen LogP contribution in [0.3, 0.4) is 0 Å². The summed E-state index contributed by atoms with van der Waals surface area (Å²) in [4.78, 5) is 16.6. The summed E-state index contributed by atoms with van der Waals surface area (Å²) in [6, 6.07) is 2.00. The fourth-order valence-corrected chi connectivity index (χ4v) is 3.14. The van der Waals surface area contributed by atoms with Crippen LogP contribution in [0.25, 0.3) is 0 Å². The van der Waals surface area contributed by atoms with Crippen LogP contribution in [0.4, 0.5) is 0 Å². The van der Waals surface area contributed by atoms with Gasteiger partial charge in [-0.25, -0.2) is 0 Å². The largest absolute Gasteiger partial charge is 0.379 e. The molecule has 0 aromatic carbocycles. The Labute approximate surface area is 126 Å². The number of halogens is 1. The molecule has 3 heterocycles. The third kappa shape index (κ3) is 3.21. The summed E-state index contributed by atoms with van der Waals surface area (Å²) in [6.45, 7) is 6.40. The van der Waals surface area contributed by atoms with E-state index in [-0.39, 0.29) is 5.91 Å². The molecule has 1 aromatic heterocycles. The van der Waals surface area contributed by atoms with Crippen LogP contribution in [0.2, 0.25) is 0 Å². The first kappa shape index (κ1) is 14.0. The van der Waals surface area contributed by atoms with E-state index in [1.807, 2.05) is 11.0 Å². The SMILES string of the molecule is O=C1Cn2nc(Br)cc2CCN1CCN1CCOCC1. The number of amides is 1. The zero-order valence-electron chi connectivity index (χ0n) is 11.4. The molecule has 0 saturated carbocycles. The van der Waals surface area contributed by atoms with E-state index in [0.717, 1.165) is 62.7 Å². The number of hydrogen-bond donors (Lipinski definition) is 0. The predicted octanol–water partition coefficient (Wildman–Crippen LogP) is 0.362. The molecule has 1 saturated heterocycles. The molecule has 0 spiro atoms. The number of fused-ring (bicyclic) bond motifs is 1. The van der Waals surface area contributed by atoms with Crippen molar-refractivity contribution in [3.8, 4) is 0 Å². The van der Waals surface area contributed by atoms with E-state index in [0.29, 0.717) is 6.54 Å². The van der Waals surface area contributed by atoms with Gasteiger partial charge >= 0.3 is 0 Å². The lowest BCUT2D eigenvalue weighted by atomic mass is 10.3. The number of ether oxygens (including phenoxy) is 1. The number of nitrogens with zero attached hydrogens (tertiary/aromatic N) is 4. The Balaban J connectivity index is 1.56. The van der Waals surface area contributed by atoms with Crippen LogP contribution >= 0.6 is 15.9 Å². The van der Waals surface area contributed by atoms with E-state index in [1.54, 1.807) is 4.68 Å². The van der Waals surface area contributed by atoms with Crippen LogP contribution in [0.1, 0.15) is 5.69 Å². The second-order valence-electron chi connectivity index (χ2n) is 5.20. The standard InChI is InChI=1S/C13H19BrN4O2/c14-12-9-11-1-2-17(13(19)10-18(11)15-12)4-3-16-5-7-20-8-6-16/h9H,1-8,10H2. The third-order valence-electron chi connectivity index (χ3n) is 3.90. The Morgan fingerprint density at radius 1 is 1.25 bits per heavy atom. The predicted molar refractivity (Wildman–Crippen MR) is 77.5 cm³/mol. The topological polar surface area (TPSA) is 50.6 Å². The van der Waals surface area contributed by atoms with Gasteiger partial charge in [0.05, 0.1) is 13.2 Å². The molecule has 110 valence electrons. The average Bonchev–Trinajstić information content (AvgIpc) is 2.72. The molecule has 2 aliphatic heterocycles. The van der Waals surface area contributed by atoms with Gasteiger partial charge in [0.1, 0.15) is 11.1 Å². The molecule has 0 unspecified atom stereocenters. The maximum absolute atomic E-state index is 12.3. The number of rotatable bonds is 3. The minimum absolute atomic E-state index is 0.160. The Bertz CT molecular complexity index is 485. The van der Waals surface area contributed by atoms with E-state index in [1.165, 1.54) is 0 Å². The van der Waals surface area contributed by atoms with Gasteiger partial charge in [0.15, 0.2) is 0 Å². The van der Waals surface area contributed by atoms with Gasteiger partial charge in [0, 0.05) is 44.8 Å². The van der Waals surface area contributed by atoms with E-state index in [4.69, 9.17) is 4.74 Å². The van der Waals surface area contributed by atoms with Gasteiger partial charge in [-0.15, -0.1) is 0 Å². The summed E-state index contributed by atoms with van der Waals surface area (Å²) in [5.74, 6) is 0.160. The number of carbonyl (C=O) groups is 1. The maximum atomic E-state index is 12.3. The molecule has 1 aromatic rings. The van der Waals surface area contributed by atoms with E-state index in [2.05, 4.69) is 25.9 Å². The van der Waals surface area contributed by atoms with Crippen LogP contribution in [-0.2, 0) is 22.5 Å². The smallest absolute Gasteiger partial charge is 0.244 e. The molecule has 1 fully saturated rings. The number of morpholine rings is 1. The molecule has 3 rings (SSSR count). The maximum Gasteiger partial charge on any atom is 0.244 e. The minimum atomic E-state index is 0.160. The molecule has 0 N–H and O–H groups in total. The van der Waals surface area contributed by atoms with Crippen LogP contribution in [0.15, 0.2) is 10.7 Å². The molecule has 2 aliphatic rings. The first-order chi connectivity index (χ1) is 9.72. The lowest BCUT2D eigenvalue weighted by Gasteiger charge is -2.29. The van der Waals surface area contributed by atoms with Crippen LogP contribution < -0.4 is 0 Å². The Morgan fingerprint density at radius 3 is 2.85 bits per heavy atom. The zero-order chi connectivity index (χ0) is 13.9. The average molecular weight is 343 g/mol. The van der Waals surface area contributed by atoms with Gasteiger partial charge in [-0.2, -0.15) is 5.10 Å². The summed E-state index contributed by atoms with van der Waals surface area (Å²) in [6.07, 6.45) is 0.869. The minimum Gasteiger partial charge on any atom is -0.379 e. The van der Waals surface area contributed by atoms with Crippen molar-refractivity contribution in [2.45, 2.75) is 13.0 Å². The Hall–Kier alpha value is -0.920. The van der Waals surface area contributed by atoms with E-state index < -0.39 is 0 Å². The van der Waals surface area contributed by atoms with Crippen molar-refractivity contribution in [3.63, 3.8) is 0 Å². The number of aromatic nitrogens is 2. The summed E-state index contributed by atoms with van der Waals surface area (Å²) in [5, 5.41) is 4.30. The molecule has 7 heteroatoms. The van der Waals surface area contributed by atoms with E-state index >= 15 is 0 Å². The second-order valence-corrected chi connectivity index (χ2v) is 6.01. The van der Waals surface area contributed by atoms with Crippen LogP contribution in [-0.4, -0.2) is 71.4 Å². The number of carbonyl (C=O) groups excluding carboxylic acids is 1. The second kappa shape index (κ2) is 6.24. The van der Waals surface area contributed by atoms with Crippen LogP contribution in [0, 0.1) is 0 Å². The normalized spacial score (nSPS) is 20.9. The fourth-order valence-electron chi connectivity index (χ4n) is 2.68. The summed E-state index contributed by atoms with van der Waals surface area (Å²) in [7, 11) is 0. The first-order valence-corrected chi connectivity index (χ1v) is 7.82. The molecular formula is C13H19BrN4O2. The highest BCUT2D eigenvalue weighted by Crippen LogP contribution is 2.15. The van der Waals surface area contributed by atoms with Gasteiger partial charge in [-0.05, 0) is 22.0 Å². The molecular weight excluding hydrogens is 324 g/mol. The lowest BCUT2D eigenvalue weighted by molar-refractivity contribution is -0.131. The van der Waals surface area contributed by atoms with Gasteiger partial charge in [0.2, 0.25) is 5.91 Å². The van der Waals surface area contributed by atoms with E-state index in [9.17, 15) is 4.79 Å². The highest BCUT2D eigenvalue weighted by Gasteiger charge is 2.22. The molecule has 1 amide bonds. The lowest BCUT2D eigenvalue weighted by Crippen LogP contribution is -2.43. The van der Waals surface area contributed by atoms with Crippen molar-refractivity contribution in [2.24, 2.45) is 0 Å². The van der Waals surface area contributed by atoms with Crippen molar-refractivity contribution in [2.75, 3.05) is 45.9 Å². The zero-order valence-corrected chi connectivity index (χ0v) is 13.0. The molecule has 20 heavy (non-hydrogen) atoms. The van der Waals surface area contributed by atoms with Gasteiger partial charge in [-0.3, -0.25) is 14.4 Å². The van der Waals surface area contributed by atoms with Crippen molar-refractivity contribution < 1.29 is 9.53 Å². The van der Waals surface area contributed by atoms with Crippen molar-refractivity contribution >= 4 is 21.8 Å². The Kier molecular flexibility index (Phi) is 4.38. The summed E-state index contributed by atoms with van der Waals surface area (Å²) < 4.78 is 7.95. The van der Waals surface area contributed by atoms with Gasteiger partial charge < -0.3 is 9.64 Å². The first-order valence-electron chi connectivity index (χ1n) is 7.02. The van der Waals surface area contributed by atoms with Gasteiger partial charge in [-0.1, -0.05) is 0 Å². The van der Waals surface area contributed by atoms with Crippen molar-refractivity contribution in [1.82, 2.24) is 19.6 Å². The highest BCUT2D eigenvalue weighted by molar-refractivity contribution is 9.10. The van der Waals surface area contributed by atoms with Crippen molar-refractivity contribution in [3.05, 3.63) is 16.4 Å². The molecule has 0 bridgehead atoms. The quantitative estimate of drug-likeness (QED) is 0.796. The number of hydrogen-bond acceptors (Lipinski definition) is 4. The third-order valence-corrected chi connectivity index (χ3v) is 4.29. The Morgan fingerprint density at radius 2 is 2.05 bits per heavy atom.